The molecule has 6 aromatic rings. The summed E-state index contributed by atoms with van der Waals surface area (Å²) in [6.07, 6.45) is 2.26. The number of carbonyl (C=O) groups excluding carboxylic acids is 2. The van der Waals surface area contributed by atoms with E-state index in [0.717, 1.165) is 45.0 Å². The normalized spacial score (nSPS) is 10.9. The second kappa shape index (κ2) is 25.2. The van der Waals surface area contributed by atoms with Crippen molar-refractivity contribution < 1.29 is 24.0 Å². The number of halogens is 2. The second-order valence-corrected chi connectivity index (χ2v) is 18.2. The topological polar surface area (TPSA) is 152 Å². The molecule has 4 amide bonds. The Balaban J connectivity index is 0.000000261. The molecule has 0 heterocycles. The average Bonchev–Trinajstić information content (AvgIpc) is 3.35. The van der Waals surface area contributed by atoms with Gasteiger partial charge in [-0.25, -0.2) is 9.59 Å². The van der Waals surface area contributed by atoms with Crippen molar-refractivity contribution in [2.24, 2.45) is 0 Å². The van der Waals surface area contributed by atoms with Gasteiger partial charge in [0.1, 0.15) is 11.5 Å². The summed E-state index contributed by atoms with van der Waals surface area (Å²) in [7, 11) is 3.24. The molecule has 0 atom stereocenters. The number of urea groups is 2. The van der Waals surface area contributed by atoms with E-state index in [1.165, 1.54) is 11.6 Å². The molecule has 0 unspecified atom stereocenters. The molecule has 0 radical (unpaired) electrons. The second-order valence-electron chi connectivity index (χ2n) is 17.4. The first-order valence-electron chi connectivity index (χ1n) is 23.7. The Morgan fingerprint density at radius 2 is 0.943 bits per heavy atom. The Morgan fingerprint density at radius 3 is 1.27 bits per heavy atom. The number of rotatable bonds is 17. The standard InChI is InChI=1S/C28H32ClN3O4.C28H34ClN3O2/c1-6-23-25(29)16-26(32(34)35)24(7-2)27(23)30-28(33)31(17-19-8-14-22(36-5)15-9-19)21-12-10-20(11-13-21)18(3)4;1-6-23-25(29)16-26(30)24(7-2)27(23)31-28(33)32(17-19-8-14-22(34-5)15-9-19)21-12-10-20(11-13-21)18(3)4/h8-16,18H,6-7,17H2,1-5H3,(H,30,33);8-16,18H,6-7,17,30H2,1-5H3,(H,31,33). The summed E-state index contributed by atoms with van der Waals surface area (Å²) in [5.74, 6) is 2.26. The van der Waals surface area contributed by atoms with Crippen molar-refractivity contribution in [2.75, 3.05) is 40.4 Å². The van der Waals surface area contributed by atoms with Crippen LogP contribution in [0.4, 0.5) is 43.7 Å². The van der Waals surface area contributed by atoms with E-state index in [0.29, 0.717) is 89.5 Å². The van der Waals surface area contributed by atoms with Gasteiger partial charge in [-0.05, 0) is 131 Å². The van der Waals surface area contributed by atoms with Gasteiger partial charge in [0.2, 0.25) is 0 Å². The van der Waals surface area contributed by atoms with Crippen LogP contribution in [0.2, 0.25) is 10.0 Å². The number of carbonyl (C=O) groups is 2. The molecule has 0 bridgehead atoms. The maximum Gasteiger partial charge on any atom is 0.326 e. The van der Waals surface area contributed by atoms with E-state index < -0.39 is 11.0 Å². The van der Waals surface area contributed by atoms with Crippen LogP contribution in [0.1, 0.15) is 112 Å². The third-order valence-corrected chi connectivity index (χ3v) is 13.0. The Labute approximate surface area is 423 Å². The van der Waals surface area contributed by atoms with Crippen LogP contribution in [0.5, 0.6) is 11.5 Å². The number of ether oxygens (including phenoxy) is 2. The highest BCUT2D eigenvalue weighted by atomic mass is 35.5. The van der Waals surface area contributed by atoms with Gasteiger partial charge < -0.3 is 25.8 Å². The van der Waals surface area contributed by atoms with Gasteiger partial charge in [0.05, 0.1) is 54.2 Å². The van der Waals surface area contributed by atoms with Gasteiger partial charge in [0.25, 0.3) is 5.69 Å². The van der Waals surface area contributed by atoms with Crippen molar-refractivity contribution in [3.63, 3.8) is 0 Å². The van der Waals surface area contributed by atoms with E-state index in [-0.39, 0.29) is 16.7 Å². The van der Waals surface area contributed by atoms with Crippen molar-refractivity contribution >= 4 is 69.4 Å². The Kier molecular flexibility index (Phi) is 19.5. The largest absolute Gasteiger partial charge is 0.497 e. The average molecular weight is 990 g/mol. The minimum atomic E-state index is -0.459. The summed E-state index contributed by atoms with van der Waals surface area (Å²) < 4.78 is 10.5. The zero-order valence-corrected chi connectivity index (χ0v) is 43.4. The maximum atomic E-state index is 13.8. The van der Waals surface area contributed by atoms with Crippen molar-refractivity contribution in [3.8, 4) is 11.5 Å². The fourth-order valence-corrected chi connectivity index (χ4v) is 8.87. The van der Waals surface area contributed by atoms with Crippen LogP contribution in [0.3, 0.4) is 0 Å². The molecular weight excluding hydrogens is 924 g/mol. The SMILES string of the molecule is CCc1c(Cl)cc([N+](=O)[O-])c(CC)c1NC(=O)N(Cc1ccc(OC)cc1)c1ccc(C(C)C)cc1.CCc1c(N)cc(Cl)c(CC)c1NC(=O)N(Cc1ccc(OC)cc1)c1ccc(C(C)C)cc1. The Hall–Kier alpha value is -6.76. The highest BCUT2D eigenvalue weighted by Crippen LogP contribution is 2.38. The van der Waals surface area contributed by atoms with Gasteiger partial charge in [0, 0.05) is 28.2 Å². The molecular formula is C56H66Cl2N6O6. The van der Waals surface area contributed by atoms with Crippen LogP contribution in [-0.4, -0.2) is 31.2 Å². The van der Waals surface area contributed by atoms with Crippen LogP contribution in [0.25, 0.3) is 0 Å². The van der Waals surface area contributed by atoms with Crippen molar-refractivity contribution in [1.82, 2.24) is 0 Å². The van der Waals surface area contributed by atoms with E-state index in [2.05, 4.69) is 50.5 Å². The van der Waals surface area contributed by atoms with Gasteiger partial charge in [-0.1, -0.05) is 127 Å². The lowest BCUT2D eigenvalue weighted by Crippen LogP contribution is -2.35. The molecule has 4 N–H and O–H groups in total. The van der Waals surface area contributed by atoms with E-state index in [1.54, 1.807) is 30.1 Å². The van der Waals surface area contributed by atoms with Gasteiger partial charge in [0.15, 0.2) is 0 Å². The molecule has 12 nitrogen and oxygen atoms in total. The van der Waals surface area contributed by atoms with Crippen molar-refractivity contribution in [3.05, 3.63) is 174 Å². The van der Waals surface area contributed by atoms with E-state index >= 15 is 0 Å². The predicted octanol–water partition coefficient (Wildman–Crippen LogP) is 15.2. The van der Waals surface area contributed by atoms with Crippen molar-refractivity contribution in [1.29, 1.82) is 0 Å². The van der Waals surface area contributed by atoms with Crippen LogP contribution >= 0.6 is 23.2 Å². The van der Waals surface area contributed by atoms with Crippen molar-refractivity contribution in [2.45, 2.75) is 106 Å². The molecule has 0 aromatic heterocycles. The number of nitrogens with zero attached hydrogens (tertiary/aromatic N) is 3. The molecule has 370 valence electrons. The zero-order valence-electron chi connectivity index (χ0n) is 41.9. The monoisotopic (exact) mass is 988 g/mol. The first kappa shape index (κ1) is 54.2. The minimum absolute atomic E-state index is 0.0991. The quantitative estimate of drug-likeness (QED) is 0.0467. The molecule has 70 heavy (non-hydrogen) atoms. The maximum absolute atomic E-state index is 13.8. The van der Waals surface area contributed by atoms with Gasteiger partial charge >= 0.3 is 12.1 Å². The molecule has 14 heteroatoms. The highest BCUT2D eigenvalue weighted by Gasteiger charge is 2.27. The summed E-state index contributed by atoms with van der Waals surface area (Å²) >= 11 is 12.9. The van der Waals surface area contributed by atoms with E-state index in [9.17, 15) is 19.7 Å². The number of nitro benzene ring substituents is 1. The van der Waals surface area contributed by atoms with Crippen LogP contribution < -0.4 is 35.6 Å². The van der Waals surface area contributed by atoms with E-state index in [1.807, 2.05) is 113 Å². The van der Waals surface area contributed by atoms with Crippen LogP contribution in [0, 0.1) is 10.1 Å². The van der Waals surface area contributed by atoms with E-state index in [4.69, 9.17) is 38.4 Å². The molecule has 6 rings (SSSR count). The number of hydrogen-bond acceptors (Lipinski definition) is 7. The summed E-state index contributed by atoms with van der Waals surface area (Å²) in [6, 6.07) is 33.7. The highest BCUT2D eigenvalue weighted by molar-refractivity contribution is 6.32. The first-order chi connectivity index (χ1) is 33.5. The van der Waals surface area contributed by atoms with Crippen LogP contribution in [-0.2, 0) is 38.8 Å². The number of nitro groups is 1. The number of amides is 4. The molecule has 0 aliphatic heterocycles. The number of nitrogens with one attached hydrogen (secondary N) is 2. The first-order valence-corrected chi connectivity index (χ1v) is 24.4. The molecule has 0 aliphatic carbocycles. The number of anilines is 5. The zero-order chi connectivity index (χ0) is 51.2. The van der Waals surface area contributed by atoms with Gasteiger partial charge in [-0.15, -0.1) is 0 Å². The molecule has 0 aliphatic rings. The third kappa shape index (κ3) is 13.3. The van der Waals surface area contributed by atoms with Crippen LogP contribution in [0.15, 0.2) is 109 Å². The lowest BCUT2D eigenvalue weighted by Gasteiger charge is -2.26. The fourth-order valence-electron chi connectivity index (χ4n) is 8.19. The van der Waals surface area contributed by atoms with Gasteiger partial charge in [-0.3, -0.25) is 19.9 Å². The summed E-state index contributed by atoms with van der Waals surface area (Å²) in [5, 5.41) is 18.7. The summed E-state index contributed by atoms with van der Waals surface area (Å²) in [6.45, 7) is 17.0. The number of nitrogen functional groups attached to an aromatic ring is 1. The predicted molar refractivity (Wildman–Crippen MR) is 289 cm³/mol. The lowest BCUT2D eigenvalue weighted by atomic mass is 10.0. The molecule has 6 aromatic carbocycles. The summed E-state index contributed by atoms with van der Waals surface area (Å²) in [5.41, 5.74) is 16.6. The summed E-state index contributed by atoms with van der Waals surface area (Å²) in [4.78, 5) is 42.1. The Morgan fingerprint density at radius 1 is 0.586 bits per heavy atom. The third-order valence-electron chi connectivity index (χ3n) is 12.3. The number of methoxy groups -OCH3 is 2. The lowest BCUT2D eigenvalue weighted by molar-refractivity contribution is -0.385. The molecule has 0 saturated carbocycles. The number of hydrogen-bond donors (Lipinski definition) is 3. The van der Waals surface area contributed by atoms with Gasteiger partial charge in [-0.2, -0.15) is 0 Å². The number of nitrogens with two attached hydrogens (primary N) is 1. The number of benzene rings is 6. The Bertz CT molecular complexity index is 2700. The molecule has 0 saturated heterocycles. The fraction of sp³-hybridized carbons (Fsp3) is 0.321. The molecule has 0 fully saturated rings. The minimum Gasteiger partial charge on any atom is -0.497 e. The smallest absolute Gasteiger partial charge is 0.326 e. The molecule has 0 spiro atoms.